The minimum atomic E-state index is -0.767. The molecule has 3 rings (SSSR count). The molecule has 2 N–H and O–H groups in total. The third-order valence-electron chi connectivity index (χ3n) is 3.90. The zero-order valence-corrected chi connectivity index (χ0v) is 14.4. The number of hydrogen-bond acceptors (Lipinski definition) is 5. The standard InChI is InChI=1S/C18H17FN4O4/c1-11(24)21-9-14-10-23(18(26)27-14)13-2-3-15(16(19)8-13)17(25)22-12-4-6-20-7-5-12/h2-8,14H,9-10H2,1H3,(H,21,24)(H,20,22,25). The highest BCUT2D eigenvalue weighted by Crippen LogP contribution is 2.24. The Hall–Kier alpha value is -3.49. The molecule has 1 unspecified atom stereocenters. The number of hydrogen-bond donors (Lipinski definition) is 2. The van der Waals surface area contributed by atoms with Crippen LogP contribution in [0.15, 0.2) is 42.7 Å². The lowest BCUT2D eigenvalue weighted by Crippen LogP contribution is -2.33. The number of nitrogens with zero attached hydrogens (tertiary/aromatic N) is 2. The molecule has 2 aromatic rings. The molecule has 1 aromatic heterocycles. The van der Waals surface area contributed by atoms with Crippen molar-refractivity contribution in [2.45, 2.75) is 13.0 Å². The minimum Gasteiger partial charge on any atom is -0.442 e. The van der Waals surface area contributed by atoms with E-state index >= 15 is 0 Å². The first-order valence-electron chi connectivity index (χ1n) is 8.17. The largest absolute Gasteiger partial charge is 0.442 e. The molecule has 1 aromatic carbocycles. The van der Waals surface area contributed by atoms with Gasteiger partial charge < -0.3 is 15.4 Å². The summed E-state index contributed by atoms with van der Waals surface area (Å²) in [5, 5.41) is 5.13. The molecule has 3 amide bonds. The quantitative estimate of drug-likeness (QED) is 0.835. The van der Waals surface area contributed by atoms with Crippen LogP contribution in [-0.2, 0) is 9.53 Å². The summed E-state index contributed by atoms with van der Waals surface area (Å²) in [6.45, 7) is 1.70. The van der Waals surface area contributed by atoms with Gasteiger partial charge in [-0.15, -0.1) is 0 Å². The molecule has 140 valence electrons. The van der Waals surface area contributed by atoms with Gasteiger partial charge in [0, 0.05) is 25.0 Å². The van der Waals surface area contributed by atoms with Gasteiger partial charge in [-0.05, 0) is 30.3 Å². The van der Waals surface area contributed by atoms with Gasteiger partial charge in [-0.1, -0.05) is 0 Å². The van der Waals surface area contributed by atoms with Gasteiger partial charge in [0.05, 0.1) is 24.3 Å². The number of anilines is 2. The number of pyridine rings is 1. The van der Waals surface area contributed by atoms with Crippen molar-refractivity contribution in [2.75, 3.05) is 23.3 Å². The van der Waals surface area contributed by atoms with E-state index in [9.17, 15) is 18.8 Å². The van der Waals surface area contributed by atoms with Crippen molar-refractivity contribution in [1.29, 1.82) is 0 Å². The van der Waals surface area contributed by atoms with E-state index in [4.69, 9.17) is 4.74 Å². The number of ether oxygens (including phenoxy) is 1. The fraction of sp³-hybridized carbons (Fsp3) is 0.222. The Morgan fingerprint density at radius 2 is 2.04 bits per heavy atom. The predicted molar refractivity (Wildman–Crippen MR) is 94.9 cm³/mol. The van der Waals surface area contributed by atoms with E-state index in [0.29, 0.717) is 5.69 Å². The Bertz CT molecular complexity index is 875. The van der Waals surface area contributed by atoms with Crippen molar-refractivity contribution in [2.24, 2.45) is 0 Å². The summed E-state index contributed by atoms with van der Waals surface area (Å²) >= 11 is 0. The average molecular weight is 372 g/mol. The molecule has 1 aliphatic rings. The molecule has 27 heavy (non-hydrogen) atoms. The van der Waals surface area contributed by atoms with E-state index in [0.717, 1.165) is 6.07 Å². The lowest BCUT2D eigenvalue weighted by atomic mass is 10.1. The molecule has 0 bridgehead atoms. The summed E-state index contributed by atoms with van der Waals surface area (Å²) in [4.78, 5) is 40.2. The van der Waals surface area contributed by atoms with Gasteiger partial charge in [-0.2, -0.15) is 0 Å². The summed E-state index contributed by atoms with van der Waals surface area (Å²) in [7, 11) is 0. The zero-order chi connectivity index (χ0) is 19.4. The number of carbonyl (C=O) groups excluding carboxylic acids is 3. The van der Waals surface area contributed by atoms with Gasteiger partial charge in [0.2, 0.25) is 5.91 Å². The second-order valence-corrected chi connectivity index (χ2v) is 5.91. The molecule has 9 heteroatoms. The fourth-order valence-electron chi connectivity index (χ4n) is 2.59. The smallest absolute Gasteiger partial charge is 0.414 e. The van der Waals surface area contributed by atoms with Gasteiger partial charge in [0.15, 0.2) is 0 Å². The monoisotopic (exact) mass is 372 g/mol. The maximum Gasteiger partial charge on any atom is 0.414 e. The van der Waals surface area contributed by atoms with Crippen LogP contribution in [0.25, 0.3) is 0 Å². The van der Waals surface area contributed by atoms with Crippen LogP contribution in [0.1, 0.15) is 17.3 Å². The van der Waals surface area contributed by atoms with E-state index < -0.39 is 23.9 Å². The van der Waals surface area contributed by atoms with Crippen molar-refractivity contribution in [3.63, 3.8) is 0 Å². The number of benzene rings is 1. The number of nitrogens with one attached hydrogen (secondary N) is 2. The van der Waals surface area contributed by atoms with Crippen molar-refractivity contribution < 1.29 is 23.5 Å². The van der Waals surface area contributed by atoms with Crippen LogP contribution < -0.4 is 15.5 Å². The molecule has 1 fully saturated rings. The van der Waals surface area contributed by atoms with Crippen molar-refractivity contribution >= 4 is 29.3 Å². The lowest BCUT2D eigenvalue weighted by molar-refractivity contribution is -0.119. The predicted octanol–water partition coefficient (Wildman–Crippen LogP) is 1.93. The Morgan fingerprint density at radius 1 is 1.30 bits per heavy atom. The molecule has 0 spiro atoms. The Morgan fingerprint density at radius 3 is 2.70 bits per heavy atom. The lowest BCUT2D eigenvalue weighted by Gasteiger charge is -2.14. The van der Waals surface area contributed by atoms with Crippen LogP contribution in [-0.4, -0.2) is 42.1 Å². The Kier molecular flexibility index (Phi) is 5.30. The van der Waals surface area contributed by atoms with Crippen LogP contribution in [0.2, 0.25) is 0 Å². The summed E-state index contributed by atoms with van der Waals surface area (Å²) < 4.78 is 19.6. The highest BCUT2D eigenvalue weighted by Gasteiger charge is 2.32. The molecule has 1 saturated heterocycles. The number of aromatic nitrogens is 1. The molecule has 1 atom stereocenters. The number of cyclic esters (lactones) is 1. The Labute approximate surface area is 154 Å². The SMILES string of the molecule is CC(=O)NCC1CN(c2ccc(C(=O)Nc3ccncc3)c(F)c2)C(=O)O1. The van der Waals surface area contributed by atoms with Crippen molar-refractivity contribution in [3.8, 4) is 0 Å². The summed E-state index contributed by atoms with van der Waals surface area (Å²) in [6.07, 6.45) is 1.84. The normalized spacial score (nSPS) is 16.0. The van der Waals surface area contributed by atoms with Crippen LogP contribution in [0.4, 0.5) is 20.6 Å². The van der Waals surface area contributed by atoms with E-state index in [2.05, 4.69) is 15.6 Å². The van der Waals surface area contributed by atoms with Gasteiger partial charge in [-0.3, -0.25) is 19.5 Å². The molecule has 8 nitrogen and oxygen atoms in total. The summed E-state index contributed by atoms with van der Waals surface area (Å²) in [6, 6.07) is 7.03. The number of amides is 3. The van der Waals surface area contributed by atoms with E-state index in [1.54, 1.807) is 12.1 Å². The van der Waals surface area contributed by atoms with Crippen LogP contribution in [0, 0.1) is 5.82 Å². The first-order valence-corrected chi connectivity index (χ1v) is 8.17. The van der Waals surface area contributed by atoms with Crippen LogP contribution in [0.3, 0.4) is 0 Å². The topological polar surface area (TPSA) is 101 Å². The zero-order valence-electron chi connectivity index (χ0n) is 14.4. The second kappa shape index (κ2) is 7.81. The average Bonchev–Trinajstić information content (AvgIpc) is 3.01. The van der Waals surface area contributed by atoms with Crippen molar-refractivity contribution in [1.82, 2.24) is 10.3 Å². The third-order valence-corrected chi connectivity index (χ3v) is 3.90. The van der Waals surface area contributed by atoms with Crippen LogP contribution >= 0.6 is 0 Å². The maximum atomic E-state index is 14.4. The molecular formula is C18H17FN4O4. The molecule has 0 aliphatic carbocycles. The molecule has 0 radical (unpaired) electrons. The fourth-order valence-corrected chi connectivity index (χ4v) is 2.59. The minimum absolute atomic E-state index is 0.155. The van der Waals surface area contributed by atoms with Gasteiger partial charge >= 0.3 is 6.09 Å². The molecule has 1 aliphatic heterocycles. The first-order chi connectivity index (χ1) is 12.9. The van der Waals surface area contributed by atoms with E-state index in [1.165, 1.54) is 36.4 Å². The maximum absolute atomic E-state index is 14.4. The van der Waals surface area contributed by atoms with Gasteiger partial charge in [0.1, 0.15) is 11.9 Å². The summed E-state index contributed by atoms with van der Waals surface area (Å²) in [5.41, 5.74) is 0.601. The Balaban J connectivity index is 1.70. The first kappa shape index (κ1) is 18.3. The number of rotatable bonds is 5. The third kappa shape index (κ3) is 4.38. The molecule has 2 heterocycles. The second-order valence-electron chi connectivity index (χ2n) is 5.91. The van der Waals surface area contributed by atoms with Gasteiger partial charge in [-0.25, -0.2) is 9.18 Å². The molecule has 0 saturated carbocycles. The highest BCUT2D eigenvalue weighted by atomic mass is 19.1. The molecular weight excluding hydrogens is 355 g/mol. The van der Waals surface area contributed by atoms with E-state index in [1.807, 2.05) is 0 Å². The summed E-state index contributed by atoms with van der Waals surface area (Å²) in [5.74, 6) is -1.62. The number of carbonyl (C=O) groups is 3. The number of halogens is 1. The van der Waals surface area contributed by atoms with Gasteiger partial charge in [0.25, 0.3) is 5.91 Å². The van der Waals surface area contributed by atoms with Crippen LogP contribution in [0.5, 0.6) is 0 Å². The van der Waals surface area contributed by atoms with E-state index in [-0.39, 0.29) is 30.2 Å². The highest BCUT2D eigenvalue weighted by molar-refractivity contribution is 6.04. The van der Waals surface area contributed by atoms with Crippen molar-refractivity contribution in [3.05, 3.63) is 54.1 Å².